The molecule has 0 radical (unpaired) electrons. The predicted octanol–water partition coefficient (Wildman–Crippen LogP) is 1.71. The van der Waals surface area contributed by atoms with E-state index < -0.39 is 17.5 Å². The van der Waals surface area contributed by atoms with Gasteiger partial charge in [0.1, 0.15) is 12.0 Å². The molecule has 1 heterocycles. The summed E-state index contributed by atoms with van der Waals surface area (Å²) in [6.45, 7) is 0.561. The molecule has 1 aliphatic rings. The van der Waals surface area contributed by atoms with E-state index in [1.807, 2.05) is 30.3 Å². The van der Waals surface area contributed by atoms with E-state index in [2.05, 4.69) is 10.8 Å². The number of rotatable bonds is 4. The van der Waals surface area contributed by atoms with Crippen LogP contribution in [0.25, 0.3) is 0 Å². The van der Waals surface area contributed by atoms with Gasteiger partial charge in [-0.2, -0.15) is 5.26 Å². The monoisotopic (exact) mass is 288 g/mol. The fourth-order valence-electron chi connectivity index (χ4n) is 2.19. The first-order valence-electron chi connectivity index (χ1n) is 6.52. The molecule has 1 saturated heterocycles. The molecule has 0 spiro atoms. The van der Waals surface area contributed by atoms with Crippen molar-refractivity contribution in [3.63, 3.8) is 0 Å². The summed E-state index contributed by atoms with van der Waals surface area (Å²) in [6, 6.07) is 11.4. The minimum absolute atomic E-state index is 0.0114. The number of likely N-dealkylation sites (tertiary alicyclic amines) is 1. The van der Waals surface area contributed by atoms with Crippen molar-refractivity contribution in [1.82, 2.24) is 4.90 Å². The van der Waals surface area contributed by atoms with Gasteiger partial charge in [0, 0.05) is 13.1 Å². The van der Waals surface area contributed by atoms with Crippen molar-refractivity contribution in [2.24, 2.45) is 5.41 Å². The lowest BCUT2D eigenvalue weighted by Gasteiger charge is -2.43. The summed E-state index contributed by atoms with van der Waals surface area (Å²) in [7, 11) is 1.28. The average Bonchev–Trinajstić information content (AvgIpc) is 2.49. The number of esters is 1. The zero-order valence-corrected chi connectivity index (χ0v) is 11.7. The lowest BCUT2D eigenvalue weighted by Crippen LogP contribution is -2.58. The van der Waals surface area contributed by atoms with E-state index in [0.717, 1.165) is 5.56 Å². The first kappa shape index (κ1) is 14.9. The summed E-state index contributed by atoms with van der Waals surface area (Å²) in [6.07, 6.45) is -0.489. The van der Waals surface area contributed by atoms with E-state index in [-0.39, 0.29) is 26.1 Å². The van der Waals surface area contributed by atoms with Crippen LogP contribution in [0, 0.1) is 16.7 Å². The second-order valence-electron chi connectivity index (χ2n) is 5.04. The highest BCUT2D eigenvalue weighted by Crippen LogP contribution is 2.34. The maximum absolute atomic E-state index is 11.8. The fourth-order valence-corrected chi connectivity index (χ4v) is 2.19. The number of carbonyl (C=O) groups excluding carboxylic acids is 2. The van der Waals surface area contributed by atoms with Gasteiger partial charge in [0.15, 0.2) is 0 Å². The van der Waals surface area contributed by atoms with Gasteiger partial charge in [-0.05, 0) is 5.56 Å². The molecule has 1 aromatic carbocycles. The number of hydrogen-bond donors (Lipinski definition) is 0. The Kier molecular flexibility index (Phi) is 4.43. The van der Waals surface area contributed by atoms with Crippen molar-refractivity contribution in [1.29, 1.82) is 5.26 Å². The van der Waals surface area contributed by atoms with Crippen molar-refractivity contribution in [2.75, 3.05) is 20.2 Å². The van der Waals surface area contributed by atoms with Gasteiger partial charge in [-0.15, -0.1) is 0 Å². The van der Waals surface area contributed by atoms with Crippen LogP contribution in [0.3, 0.4) is 0 Å². The Bertz CT molecular complexity index is 559. The summed E-state index contributed by atoms with van der Waals surface area (Å²) < 4.78 is 9.72. The predicted molar refractivity (Wildman–Crippen MR) is 72.9 cm³/mol. The van der Waals surface area contributed by atoms with Gasteiger partial charge in [-0.3, -0.25) is 4.79 Å². The van der Waals surface area contributed by atoms with E-state index in [0.29, 0.717) is 0 Å². The van der Waals surface area contributed by atoms with E-state index in [9.17, 15) is 9.59 Å². The van der Waals surface area contributed by atoms with Gasteiger partial charge >= 0.3 is 12.1 Å². The Morgan fingerprint density at radius 3 is 2.57 bits per heavy atom. The molecule has 0 aliphatic carbocycles. The molecule has 1 aliphatic heterocycles. The van der Waals surface area contributed by atoms with Gasteiger partial charge in [0.25, 0.3) is 0 Å². The zero-order valence-electron chi connectivity index (χ0n) is 11.7. The van der Waals surface area contributed by atoms with Crippen LogP contribution in [0.4, 0.5) is 4.79 Å². The molecule has 2 rings (SSSR count). The largest absolute Gasteiger partial charge is 0.469 e. The Morgan fingerprint density at radius 1 is 1.33 bits per heavy atom. The number of ether oxygens (including phenoxy) is 2. The zero-order chi connectivity index (χ0) is 15.3. The highest BCUT2D eigenvalue weighted by molar-refractivity contribution is 5.73. The molecule has 6 heteroatoms. The third kappa shape index (κ3) is 3.51. The molecule has 0 saturated carbocycles. The van der Waals surface area contributed by atoms with Crippen LogP contribution >= 0.6 is 0 Å². The molecule has 1 aromatic rings. The molecule has 0 aromatic heterocycles. The fraction of sp³-hybridized carbons (Fsp3) is 0.400. The molecular formula is C15H16N2O4. The van der Waals surface area contributed by atoms with Crippen molar-refractivity contribution >= 4 is 12.1 Å². The molecule has 0 N–H and O–H groups in total. The third-order valence-corrected chi connectivity index (χ3v) is 3.40. The maximum Gasteiger partial charge on any atom is 0.410 e. The molecular weight excluding hydrogens is 272 g/mol. The van der Waals surface area contributed by atoms with E-state index in [1.54, 1.807) is 0 Å². The van der Waals surface area contributed by atoms with Gasteiger partial charge in [0.05, 0.1) is 19.6 Å². The number of nitrogens with zero attached hydrogens (tertiary/aromatic N) is 2. The number of nitriles is 1. The second kappa shape index (κ2) is 6.27. The summed E-state index contributed by atoms with van der Waals surface area (Å²) in [4.78, 5) is 24.5. The third-order valence-electron chi connectivity index (χ3n) is 3.40. The number of benzene rings is 1. The summed E-state index contributed by atoms with van der Waals surface area (Å²) in [5.74, 6) is -0.450. The van der Waals surface area contributed by atoms with Crippen molar-refractivity contribution in [3.05, 3.63) is 35.9 Å². The topological polar surface area (TPSA) is 79.6 Å². The van der Waals surface area contributed by atoms with E-state index in [1.165, 1.54) is 12.0 Å². The second-order valence-corrected chi connectivity index (χ2v) is 5.04. The molecule has 1 amide bonds. The van der Waals surface area contributed by atoms with Crippen LogP contribution in [0.15, 0.2) is 30.3 Å². The Balaban J connectivity index is 1.81. The van der Waals surface area contributed by atoms with Crippen LogP contribution in [0.1, 0.15) is 12.0 Å². The minimum atomic E-state index is -0.848. The quantitative estimate of drug-likeness (QED) is 0.788. The van der Waals surface area contributed by atoms with Gasteiger partial charge < -0.3 is 14.4 Å². The molecule has 1 fully saturated rings. The Labute approximate surface area is 122 Å². The average molecular weight is 288 g/mol. The van der Waals surface area contributed by atoms with Crippen LogP contribution in [-0.2, 0) is 20.9 Å². The van der Waals surface area contributed by atoms with E-state index >= 15 is 0 Å². The number of amides is 1. The highest BCUT2D eigenvalue weighted by atomic mass is 16.6. The molecule has 0 unspecified atom stereocenters. The van der Waals surface area contributed by atoms with Crippen LogP contribution in [0.5, 0.6) is 0 Å². The number of carbonyl (C=O) groups is 2. The van der Waals surface area contributed by atoms with E-state index in [4.69, 9.17) is 10.00 Å². The van der Waals surface area contributed by atoms with Crippen LogP contribution in [0.2, 0.25) is 0 Å². The van der Waals surface area contributed by atoms with Crippen molar-refractivity contribution in [3.8, 4) is 6.07 Å². The molecule has 21 heavy (non-hydrogen) atoms. The van der Waals surface area contributed by atoms with Gasteiger partial charge in [-0.1, -0.05) is 30.3 Å². The van der Waals surface area contributed by atoms with Crippen LogP contribution in [-0.4, -0.2) is 37.2 Å². The molecule has 110 valence electrons. The van der Waals surface area contributed by atoms with Crippen molar-refractivity contribution in [2.45, 2.75) is 13.0 Å². The Hall–Kier alpha value is -2.55. The summed E-state index contributed by atoms with van der Waals surface area (Å²) in [5.41, 5.74) is 0.0475. The van der Waals surface area contributed by atoms with Crippen LogP contribution < -0.4 is 0 Å². The normalized spacial score (nSPS) is 15.5. The number of hydrogen-bond acceptors (Lipinski definition) is 5. The maximum atomic E-state index is 11.8. The SMILES string of the molecule is COC(=O)CC1(C#N)CN(C(=O)OCc2ccccc2)C1. The lowest BCUT2D eigenvalue weighted by molar-refractivity contribution is -0.144. The first-order chi connectivity index (χ1) is 10.1. The summed E-state index contributed by atoms with van der Waals surface area (Å²) >= 11 is 0. The summed E-state index contributed by atoms with van der Waals surface area (Å²) in [5, 5.41) is 9.15. The molecule has 6 nitrogen and oxygen atoms in total. The smallest absolute Gasteiger partial charge is 0.410 e. The van der Waals surface area contributed by atoms with Gasteiger partial charge in [-0.25, -0.2) is 4.79 Å². The Morgan fingerprint density at radius 2 is 2.00 bits per heavy atom. The van der Waals surface area contributed by atoms with Gasteiger partial charge in [0.2, 0.25) is 0 Å². The number of methoxy groups -OCH3 is 1. The highest BCUT2D eigenvalue weighted by Gasteiger charge is 2.48. The first-order valence-corrected chi connectivity index (χ1v) is 6.52. The minimum Gasteiger partial charge on any atom is -0.469 e. The lowest BCUT2D eigenvalue weighted by atomic mass is 9.78. The molecule has 0 atom stereocenters. The molecule has 0 bridgehead atoms. The standard InChI is InChI=1S/C15H16N2O4/c1-20-13(18)7-15(9-16)10-17(11-15)14(19)21-8-12-5-3-2-4-6-12/h2-6H,7-8,10-11H2,1H3. The van der Waals surface area contributed by atoms with Crippen molar-refractivity contribution < 1.29 is 19.1 Å².